The summed E-state index contributed by atoms with van der Waals surface area (Å²) < 4.78 is 7.32. The highest BCUT2D eigenvalue weighted by molar-refractivity contribution is 6.05. The van der Waals surface area contributed by atoms with Crippen molar-refractivity contribution in [3.63, 3.8) is 0 Å². The minimum atomic E-state index is -0.677. The molecule has 0 unspecified atom stereocenters. The monoisotopic (exact) mass is 915 g/mol. The van der Waals surface area contributed by atoms with Gasteiger partial charge in [-0.15, -0.1) is 0 Å². The van der Waals surface area contributed by atoms with Crippen LogP contribution in [-0.2, 0) is 10.8 Å². The molecule has 12 aromatic carbocycles. The van der Waals surface area contributed by atoms with Crippen LogP contribution in [0.15, 0.2) is 273 Å². The first-order chi connectivity index (χ1) is 35.8. The summed E-state index contributed by atoms with van der Waals surface area (Å²) in [5, 5.41) is 4.53. The number of para-hydroxylation sites is 2. The molecule has 0 bridgehead atoms. The highest BCUT2D eigenvalue weighted by atomic mass is 16.5. The SMILES string of the molecule is c1ccc(N(c2ccccc2-c2cccc3c2-c2ccccc2C32c3ccc4ccccc4c3Oc3c2ccc2ccccc32)c2cccc3c2C(c2ccccc2)(c2ccccc2)c2ccccc2-3)cc1. The fourth-order valence-electron chi connectivity index (χ4n) is 13.2. The van der Waals surface area contributed by atoms with E-state index in [1.165, 1.54) is 61.2 Å². The predicted octanol–water partition coefficient (Wildman–Crippen LogP) is 18.0. The van der Waals surface area contributed by atoms with Crippen LogP contribution in [0.2, 0.25) is 0 Å². The molecular formula is C70H45NO. The highest BCUT2D eigenvalue weighted by Crippen LogP contribution is 2.66. The quantitative estimate of drug-likeness (QED) is 0.165. The van der Waals surface area contributed by atoms with E-state index in [2.05, 4.69) is 278 Å². The summed E-state index contributed by atoms with van der Waals surface area (Å²) in [4.78, 5) is 2.54. The van der Waals surface area contributed by atoms with Gasteiger partial charge in [0.1, 0.15) is 11.5 Å². The summed E-state index contributed by atoms with van der Waals surface area (Å²) in [6, 6.07) is 101. The van der Waals surface area contributed by atoms with Gasteiger partial charge in [-0.25, -0.2) is 0 Å². The van der Waals surface area contributed by atoms with Gasteiger partial charge in [-0.2, -0.15) is 0 Å². The maximum atomic E-state index is 7.32. The predicted molar refractivity (Wildman–Crippen MR) is 296 cm³/mol. The van der Waals surface area contributed by atoms with Crippen LogP contribution in [0.4, 0.5) is 17.1 Å². The molecule has 15 rings (SSSR count). The average molecular weight is 916 g/mol. The van der Waals surface area contributed by atoms with E-state index in [9.17, 15) is 0 Å². The van der Waals surface area contributed by atoms with Gasteiger partial charge < -0.3 is 9.64 Å². The number of nitrogens with zero attached hydrogens (tertiary/aromatic N) is 1. The maximum Gasteiger partial charge on any atom is 0.140 e. The van der Waals surface area contributed by atoms with Crippen LogP contribution in [0.1, 0.15) is 44.5 Å². The van der Waals surface area contributed by atoms with E-state index in [0.717, 1.165) is 66.8 Å². The Morgan fingerprint density at radius 3 is 1.39 bits per heavy atom. The van der Waals surface area contributed by atoms with Gasteiger partial charge >= 0.3 is 0 Å². The van der Waals surface area contributed by atoms with Crippen molar-refractivity contribution >= 4 is 38.6 Å². The zero-order valence-corrected chi connectivity index (χ0v) is 39.3. The number of ether oxygens (including phenoxy) is 1. The lowest BCUT2D eigenvalue weighted by molar-refractivity contribution is 0.447. The van der Waals surface area contributed by atoms with Gasteiger partial charge in [-0.3, -0.25) is 0 Å². The van der Waals surface area contributed by atoms with Crippen molar-refractivity contribution in [2.24, 2.45) is 0 Å². The molecule has 0 atom stereocenters. The van der Waals surface area contributed by atoms with Crippen molar-refractivity contribution in [2.45, 2.75) is 10.8 Å². The molecule has 0 fully saturated rings. The molecule has 2 nitrogen and oxygen atoms in total. The second-order valence-electron chi connectivity index (χ2n) is 19.4. The molecule has 0 N–H and O–H groups in total. The third-order valence-electron chi connectivity index (χ3n) is 16.0. The summed E-state index contributed by atoms with van der Waals surface area (Å²) in [6.45, 7) is 0. The third kappa shape index (κ3) is 5.44. The average Bonchev–Trinajstić information content (AvgIpc) is 3.93. The Kier molecular flexibility index (Phi) is 8.82. The summed E-state index contributed by atoms with van der Waals surface area (Å²) in [7, 11) is 0. The molecule has 12 aromatic rings. The Balaban J connectivity index is 1.03. The number of hydrogen-bond acceptors (Lipinski definition) is 2. The van der Waals surface area contributed by atoms with Crippen molar-refractivity contribution in [2.75, 3.05) is 4.90 Å². The zero-order valence-electron chi connectivity index (χ0n) is 39.3. The standard InChI is InChI=1S/C70H45NO/c1-4-24-48(25-5-1)69(49-26-6-2-7-27-49)58-37-17-14-32-53(58)56-36-21-41-64(66(56)69)71(50-28-8-3-9-29-50)63-40-19-16-33-54(63)55-35-20-39-60-65(55)57-34-15-18-38-59(57)70(60)61-44-42-46-22-10-12-30-51(46)67(61)72-68-52-31-13-11-23-47(52)43-45-62(68)70/h1-45H. The minimum Gasteiger partial charge on any atom is -0.455 e. The van der Waals surface area contributed by atoms with E-state index >= 15 is 0 Å². The third-order valence-corrected chi connectivity index (χ3v) is 16.0. The molecule has 3 aliphatic rings. The first-order valence-electron chi connectivity index (χ1n) is 25.0. The Morgan fingerprint density at radius 1 is 0.278 bits per heavy atom. The number of hydrogen-bond donors (Lipinski definition) is 0. The first kappa shape index (κ1) is 40.6. The molecular weight excluding hydrogens is 871 g/mol. The largest absolute Gasteiger partial charge is 0.455 e. The second-order valence-corrected chi connectivity index (χ2v) is 19.4. The number of fused-ring (bicyclic) bond motifs is 16. The summed E-state index contributed by atoms with van der Waals surface area (Å²) in [5.74, 6) is 1.83. The normalized spacial score (nSPS) is 13.9. The summed E-state index contributed by atoms with van der Waals surface area (Å²) in [5.41, 5.74) is 19.1. The summed E-state index contributed by atoms with van der Waals surface area (Å²) >= 11 is 0. The number of rotatable bonds is 6. The molecule has 0 saturated carbocycles. The topological polar surface area (TPSA) is 12.5 Å². The van der Waals surface area contributed by atoms with Crippen LogP contribution in [0, 0.1) is 0 Å². The van der Waals surface area contributed by atoms with E-state index in [4.69, 9.17) is 4.74 Å². The molecule has 1 heterocycles. The van der Waals surface area contributed by atoms with Gasteiger partial charge in [0.25, 0.3) is 0 Å². The Morgan fingerprint density at radius 2 is 0.736 bits per heavy atom. The fourth-order valence-corrected chi connectivity index (χ4v) is 13.2. The zero-order chi connectivity index (χ0) is 47.4. The first-order valence-corrected chi connectivity index (χ1v) is 25.0. The van der Waals surface area contributed by atoms with Gasteiger partial charge in [0.05, 0.1) is 22.2 Å². The van der Waals surface area contributed by atoms with E-state index in [0.29, 0.717) is 0 Å². The maximum absolute atomic E-state index is 7.32. The van der Waals surface area contributed by atoms with Crippen molar-refractivity contribution in [3.8, 4) is 44.9 Å². The van der Waals surface area contributed by atoms with Crippen molar-refractivity contribution in [3.05, 3.63) is 317 Å². The molecule has 1 spiro atoms. The lowest BCUT2D eigenvalue weighted by atomic mass is 9.65. The number of benzene rings is 12. The molecule has 2 aliphatic carbocycles. The van der Waals surface area contributed by atoms with Gasteiger partial charge in [-0.1, -0.05) is 249 Å². The lowest BCUT2D eigenvalue weighted by Gasteiger charge is -2.40. The Hall–Kier alpha value is -9.24. The van der Waals surface area contributed by atoms with Gasteiger partial charge in [0.2, 0.25) is 0 Å². The highest BCUT2D eigenvalue weighted by Gasteiger charge is 2.53. The molecule has 336 valence electrons. The van der Waals surface area contributed by atoms with Crippen molar-refractivity contribution in [1.29, 1.82) is 0 Å². The van der Waals surface area contributed by atoms with Crippen LogP contribution in [0.3, 0.4) is 0 Å². The Bertz CT molecular complexity index is 4010. The molecule has 0 aromatic heterocycles. The molecule has 72 heavy (non-hydrogen) atoms. The fraction of sp³-hybridized carbons (Fsp3) is 0.0286. The molecule has 1 aliphatic heterocycles. The van der Waals surface area contributed by atoms with Crippen LogP contribution >= 0.6 is 0 Å². The minimum absolute atomic E-state index is 0.621. The summed E-state index contributed by atoms with van der Waals surface area (Å²) in [6.07, 6.45) is 0. The smallest absolute Gasteiger partial charge is 0.140 e. The van der Waals surface area contributed by atoms with E-state index in [-0.39, 0.29) is 0 Å². The second kappa shape index (κ2) is 15.6. The van der Waals surface area contributed by atoms with E-state index < -0.39 is 10.8 Å². The molecule has 0 amide bonds. The van der Waals surface area contributed by atoms with Gasteiger partial charge in [0.15, 0.2) is 0 Å². The molecule has 2 heteroatoms. The van der Waals surface area contributed by atoms with Crippen LogP contribution in [0.25, 0.3) is 54.9 Å². The molecule has 0 saturated heterocycles. The van der Waals surface area contributed by atoms with E-state index in [1.807, 2.05) is 0 Å². The van der Waals surface area contributed by atoms with Crippen LogP contribution < -0.4 is 9.64 Å². The Labute approximate surface area is 419 Å². The molecule has 0 radical (unpaired) electrons. The van der Waals surface area contributed by atoms with Crippen LogP contribution in [0.5, 0.6) is 11.5 Å². The van der Waals surface area contributed by atoms with Crippen LogP contribution in [-0.4, -0.2) is 0 Å². The van der Waals surface area contributed by atoms with Crippen molar-refractivity contribution < 1.29 is 4.74 Å². The van der Waals surface area contributed by atoms with Gasteiger partial charge in [-0.05, 0) is 90.7 Å². The van der Waals surface area contributed by atoms with Crippen molar-refractivity contribution in [1.82, 2.24) is 0 Å². The lowest BCUT2D eigenvalue weighted by Crippen LogP contribution is -2.32. The number of anilines is 3. The van der Waals surface area contributed by atoms with E-state index in [1.54, 1.807) is 0 Å². The van der Waals surface area contributed by atoms with Gasteiger partial charge in [0, 0.05) is 38.7 Å².